The first kappa shape index (κ1) is 23.3. The molecule has 1 atom stereocenters. The molecule has 0 bridgehead atoms. The van der Waals surface area contributed by atoms with Crippen molar-refractivity contribution in [2.24, 2.45) is 0 Å². The van der Waals surface area contributed by atoms with E-state index >= 15 is 0 Å². The summed E-state index contributed by atoms with van der Waals surface area (Å²) in [4.78, 5) is 19.3. The van der Waals surface area contributed by atoms with Crippen LogP contribution in [0.25, 0.3) is 39.5 Å². The standard InChI is InChI=1S/C30H31N7/c1-21-19-36(18-17-35(21)2)20-22-10-12-24(13-11-22)37-29(25-9-6-16-32-28(25)31)34-27-15-14-26(33-30(27)37)23-7-4-3-5-8-23/h3-16,21H,17-20H2,1-2H3,(H2,31,32). The third kappa shape index (κ3) is 4.59. The number of rotatable bonds is 5. The summed E-state index contributed by atoms with van der Waals surface area (Å²) >= 11 is 0. The highest BCUT2D eigenvalue weighted by Gasteiger charge is 2.21. The van der Waals surface area contributed by atoms with Crippen LogP contribution in [0.5, 0.6) is 0 Å². The molecule has 4 heterocycles. The molecule has 7 heteroatoms. The molecular weight excluding hydrogens is 458 g/mol. The normalized spacial score (nSPS) is 16.9. The van der Waals surface area contributed by atoms with Crippen molar-refractivity contribution in [2.75, 3.05) is 32.4 Å². The van der Waals surface area contributed by atoms with Gasteiger partial charge in [0.2, 0.25) is 0 Å². The molecule has 37 heavy (non-hydrogen) atoms. The quantitative estimate of drug-likeness (QED) is 0.380. The molecule has 1 aliphatic heterocycles. The molecule has 2 aromatic carbocycles. The minimum absolute atomic E-state index is 0.447. The molecule has 1 saturated heterocycles. The Balaban J connectivity index is 1.42. The number of anilines is 1. The number of benzene rings is 2. The average molecular weight is 490 g/mol. The van der Waals surface area contributed by atoms with Gasteiger partial charge in [0.05, 0.1) is 11.3 Å². The second kappa shape index (κ2) is 9.76. The monoisotopic (exact) mass is 489 g/mol. The van der Waals surface area contributed by atoms with Crippen LogP contribution in [0.2, 0.25) is 0 Å². The predicted molar refractivity (Wildman–Crippen MR) is 149 cm³/mol. The second-order valence-electron chi connectivity index (χ2n) is 9.84. The molecule has 0 saturated carbocycles. The molecular formula is C30H31N7. The molecule has 0 aliphatic carbocycles. The van der Waals surface area contributed by atoms with E-state index in [9.17, 15) is 0 Å². The maximum atomic E-state index is 6.30. The predicted octanol–water partition coefficient (Wildman–Crippen LogP) is 4.87. The van der Waals surface area contributed by atoms with E-state index in [0.29, 0.717) is 11.9 Å². The van der Waals surface area contributed by atoms with Crippen molar-refractivity contribution in [3.63, 3.8) is 0 Å². The molecule has 1 fully saturated rings. The van der Waals surface area contributed by atoms with E-state index < -0.39 is 0 Å². The average Bonchev–Trinajstić information content (AvgIpc) is 3.30. The van der Waals surface area contributed by atoms with Crippen molar-refractivity contribution in [3.05, 3.63) is 90.6 Å². The Kier molecular flexibility index (Phi) is 6.16. The van der Waals surface area contributed by atoms with Crippen LogP contribution < -0.4 is 5.73 Å². The molecule has 186 valence electrons. The molecule has 1 aliphatic rings. The van der Waals surface area contributed by atoms with E-state index in [0.717, 1.165) is 65.7 Å². The lowest BCUT2D eigenvalue weighted by molar-refractivity contribution is 0.1000. The van der Waals surface area contributed by atoms with E-state index in [-0.39, 0.29) is 0 Å². The number of hydrogen-bond acceptors (Lipinski definition) is 6. The maximum Gasteiger partial charge on any atom is 0.165 e. The second-order valence-corrected chi connectivity index (χ2v) is 9.84. The van der Waals surface area contributed by atoms with Gasteiger partial charge in [-0.05, 0) is 55.9 Å². The number of likely N-dealkylation sites (N-methyl/N-ethyl adjacent to an activating group) is 1. The first-order valence-corrected chi connectivity index (χ1v) is 12.7. The molecule has 0 spiro atoms. The van der Waals surface area contributed by atoms with E-state index in [1.807, 2.05) is 42.5 Å². The van der Waals surface area contributed by atoms with E-state index in [1.165, 1.54) is 5.56 Å². The van der Waals surface area contributed by atoms with Gasteiger partial charge in [-0.25, -0.2) is 15.0 Å². The third-order valence-electron chi connectivity index (χ3n) is 7.30. The zero-order valence-corrected chi connectivity index (χ0v) is 21.2. The van der Waals surface area contributed by atoms with Gasteiger partial charge < -0.3 is 10.6 Å². The summed E-state index contributed by atoms with van der Waals surface area (Å²) in [6, 6.07) is 27.4. The van der Waals surface area contributed by atoms with E-state index in [1.54, 1.807) is 6.20 Å². The lowest BCUT2D eigenvalue weighted by Gasteiger charge is -2.37. The van der Waals surface area contributed by atoms with Crippen molar-refractivity contribution in [3.8, 4) is 28.3 Å². The number of hydrogen-bond donors (Lipinski definition) is 1. The van der Waals surface area contributed by atoms with Crippen molar-refractivity contribution in [1.82, 2.24) is 29.3 Å². The SMILES string of the molecule is CC1CN(Cc2ccc(-n3c(-c4cccnc4N)nc4ccc(-c5ccccc5)nc43)cc2)CCN1C. The number of imidazole rings is 1. The van der Waals surface area contributed by atoms with Gasteiger partial charge in [-0.15, -0.1) is 0 Å². The Morgan fingerprint density at radius 1 is 0.892 bits per heavy atom. The van der Waals surface area contributed by atoms with Gasteiger partial charge in [-0.3, -0.25) is 9.47 Å². The zero-order valence-electron chi connectivity index (χ0n) is 21.2. The van der Waals surface area contributed by atoms with Crippen LogP contribution in [0, 0.1) is 0 Å². The number of nitrogen functional groups attached to an aromatic ring is 1. The zero-order chi connectivity index (χ0) is 25.4. The number of fused-ring (bicyclic) bond motifs is 1. The summed E-state index contributed by atoms with van der Waals surface area (Å²) < 4.78 is 2.09. The fraction of sp³-hybridized carbons (Fsp3) is 0.233. The number of piperazine rings is 1. The summed E-state index contributed by atoms with van der Waals surface area (Å²) in [5, 5.41) is 0. The topological polar surface area (TPSA) is 76.1 Å². The third-order valence-corrected chi connectivity index (χ3v) is 7.30. The van der Waals surface area contributed by atoms with Gasteiger partial charge in [0.25, 0.3) is 0 Å². The maximum absolute atomic E-state index is 6.30. The van der Waals surface area contributed by atoms with Crippen LogP contribution in [0.1, 0.15) is 12.5 Å². The first-order chi connectivity index (χ1) is 18.1. The van der Waals surface area contributed by atoms with Crippen LogP contribution in [0.15, 0.2) is 85.1 Å². The van der Waals surface area contributed by atoms with Gasteiger partial charge >= 0.3 is 0 Å². The lowest BCUT2D eigenvalue weighted by atomic mass is 10.1. The van der Waals surface area contributed by atoms with Crippen molar-refractivity contribution < 1.29 is 0 Å². The number of aromatic nitrogens is 4. The summed E-state index contributed by atoms with van der Waals surface area (Å²) in [5.74, 6) is 1.18. The van der Waals surface area contributed by atoms with Crippen molar-refractivity contribution in [1.29, 1.82) is 0 Å². The Morgan fingerprint density at radius 3 is 2.46 bits per heavy atom. The number of pyridine rings is 2. The van der Waals surface area contributed by atoms with Gasteiger partial charge in [0, 0.05) is 49.7 Å². The smallest absolute Gasteiger partial charge is 0.165 e. The van der Waals surface area contributed by atoms with Crippen LogP contribution in [0.4, 0.5) is 5.82 Å². The van der Waals surface area contributed by atoms with Gasteiger partial charge in [0.15, 0.2) is 11.5 Å². The van der Waals surface area contributed by atoms with Gasteiger partial charge in [0.1, 0.15) is 11.3 Å². The van der Waals surface area contributed by atoms with Crippen LogP contribution >= 0.6 is 0 Å². The van der Waals surface area contributed by atoms with Crippen LogP contribution in [-0.2, 0) is 6.54 Å². The molecule has 0 amide bonds. The van der Waals surface area contributed by atoms with E-state index in [4.69, 9.17) is 15.7 Å². The summed E-state index contributed by atoms with van der Waals surface area (Å²) in [6.45, 7) is 6.52. The van der Waals surface area contributed by atoms with Gasteiger partial charge in [-0.2, -0.15) is 0 Å². The molecule has 6 rings (SSSR count). The lowest BCUT2D eigenvalue weighted by Crippen LogP contribution is -2.49. The summed E-state index contributed by atoms with van der Waals surface area (Å²) in [7, 11) is 2.20. The molecule has 0 radical (unpaired) electrons. The highest BCUT2D eigenvalue weighted by Crippen LogP contribution is 2.31. The molecule has 1 unspecified atom stereocenters. The highest BCUT2D eigenvalue weighted by molar-refractivity contribution is 5.84. The number of nitrogens with zero attached hydrogens (tertiary/aromatic N) is 6. The Labute approximate surface area is 217 Å². The number of nitrogens with two attached hydrogens (primary N) is 1. The highest BCUT2D eigenvalue weighted by atomic mass is 15.3. The van der Waals surface area contributed by atoms with E-state index in [2.05, 4.69) is 69.7 Å². The Bertz CT molecular complexity index is 1530. The Hall–Kier alpha value is -4.07. The van der Waals surface area contributed by atoms with Crippen LogP contribution in [-0.4, -0.2) is 62.0 Å². The van der Waals surface area contributed by atoms with Gasteiger partial charge in [-0.1, -0.05) is 42.5 Å². The minimum atomic E-state index is 0.447. The largest absolute Gasteiger partial charge is 0.383 e. The molecule has 7 nitrogen and oxygen atoms in total. The fourth-order valence-electron chi connectivity index (χ4n) is 5.03. The Morgan fingerprint density at radius 2 is 1.70 bits per heavy atom. The van der Waals surface area contributed by atoms with Crippen molar-refractivity contribution in [2.45, 2.75) is 19.5 Å². The minimum Gasteiger partial charge on any atom is -0.383 e. The summed E-state index contributed by atoms with van der Waals surface area (Å²) in [5.41, 5.74) is 13.0. The van der Waals surface area contributed by atoms with Crippen molar-refractivity contribution >= 4 is 17.0 Å². The molecule has 5 aromatic rings. The molecule has 3 aromatic heterocycles. The van der Waals surface area contributed by atoms with Crippen LogP contribution in [0.3, 0.4) is 0 Å². The first-order valence-electron chi connectivity index (χ1n) is 12.7. The summed E-state index contributed by atoms with van der Waals surface area (Å²) in [6.07, 6.45) is 1.70. The fourth-order valence-corrected chi connectivity index (χ4v) is 5.03. The molecule has 2 N–H and O–H groups in total.